The molecule has 0 radical (unpaired) electrons. The second kappa shape index (κ2) is 8.27. The van der Waals surface area contributed by atoms with E-state index in [1.165, 1.54) is 0 Å². The lowest BCUT2D eigenvalue weighted by Crippen LogP contribution is -2.17. The van der Waals surface area contributed by atoms with Crippen molar-refractivity contribution >= 4 is 23.0 Å². The summed E-state index contributed by atoms with van der Waals surface area (Å²) in [5.41, 5.74) is 4.51. The molecule has 0 saturated heterocycles. The minimum atomic E-state index is -0.352. The van der Waals surface area contributed by atoms with Crippen LogP contribution in [0, 0.1) is 0 Å². The van der Waals surface area contributed by atoms with Crippen LogP contribution in [0.4, 0.5) is 0 Å². The third-order valence-electron chi connectivity index (χ3n) is 3.96. The molecule has 1 amide bonds. The third-order valence-corrected chi connectivity index (χ3v) is 3.96. The molecule has 0 aliphatic heterocycles. The molecule has 7 heteroatoms. The van der Waals surface area contributed by atoms with Crippen LogP contribution in [0.3, 0.4) is 0 Å². The van der Waals surface area contributed by atoms with E-state index in [-0.39, 0.29) is 5.91 Å². The highest BCUT2D eigenvalue weighted by atomic mass is 16.5. The average molecular weight is 367 g/mol. The number of hydrogen-bond acceptors (Lipinski definition) is 5. The van der Waals surface area contributed by atoms with E-state index in [4.69, 9.17) is 14.2 Å². The summed E-state index contributed by atoms with van der Waals surface area (Å²) in [4.78, 5) is 15.4. The first-order valence-electron chi connectivity index (χ1n) is 8.46. The number of carbonyl (C=O) groups is 1. The van der Waals surface area contributed by atoms with Gasteiger partial charge in [0.05, 0.1) is 32.6 Å². The summed E-state index contributed by atoms with van der Waals surface area (Å²) < 4.78 is 16.1. The number of nitrogens with zero attached hydrogens (tertiary/aromatic N) is 1. The normalized spacial score (nSPS) is 10.9. The van der Waals surface area contributed by atoms with Crippen LogP contribution in [0.25, 0.3) is 10.9 Å². The Morgan fingerprint density at radius 3 is 2.59 bits per heavy atom. The SMILES string of the molecule is CCOc1ccc(/C=N/NC(=O)c2cc3c(OC)c(OC)ccc3[nH]2)cc1. The zero-order chi connectivity index (χ0) is 19.2. The molecule has 140 valence electrons. The quantitative estimate of drug-likeness (QED) is 0.495. The van der Waals surface area contributed by atoms with Gasteiger partial charge in [0.15, 0.2) is 11.5 Å². The first-order chi connectivity index (χ1) is 13.2. The third kappa shape index (κ3) is 4.03. The summed E-state index contributed by atoms with van der Waals surface area (Å²) in [5, 5.41) is 4.76. The second-order valence-electron chi connectivity index (χ2n) is 5.65. The standard InChI is InChI=1S/C20H21N3O4/c1-4-27-14-7-5-13(6-8-14)12-21-23-20(24)17-11-15-16(22-17)9-10-18(25-2)19(15)26-3/h5-12,22H,4H2,1-3H3,(H,23,24)/b21-12+. The zero-order valence-electron chi connectivity index (χ0n) is 15.4. The van der Waals surface area contributed by atoms with Crippen LogP contribution >= 0.6 is 0 Å². The van der Waals surface area contributed by atoms with Crippen molar-refractivity contribution in [1.82, 2.24) is 10.4 Å². The highest BCUT2D eigenvalue weighted by Crippen LogP contribution is 2.35. The Balaban J connectivity index is 1.72. The molecular weight excluding hydrogens is 346 g/mol. The summed E-state index contributed by atoms with van der Waals surface area (Å²) in [6, 6.07) is 12.7. The Kier molecular flexibility index (Phi) is 5.61. The topological polar surface area (TPSA) is 84.9 Å². The van der Waals surface area contributed by atoms with E-state index in [2.05, 4.69) is 15.5 Å². The number of hydrazone groups is 1. The van der Waals surface area contributed by atoms with Crippen LogP contribution in [-0.2, 0) is 0 Å². The second-order valence-corrected chi connectivity index (χ2v) is 5.65. The van der Waals surface area contributed by atoms with Crippen molar-refractivity contribution in [3.8, 4) is 17.2 Å². The molecular formula is C20H21N3O4. The van der Waals surface area contributed by atoms with Gasteiger partial charge in [0.1, 0.15) is 11.4 Å². The molecule has 1 aromatic heterocycles. The number of H-pyrrole nitrogens is 1. The Labute approximate surface area is 156 Å². The van der Waals surface area contributed by atoms with Crippen molar-refractivity contribution in [3.05, 3.63) is 53.7 Å². The van der Waals surface area contributed by atoms with Crippen molar-refractivity contribution in [2.75, 3.05) is 20.8 Å². The number of benzene rings is 2. The maximum atomic E-state index is 12.3. The molecule has 0 bridgehead atoms. The van der Waals surface area contributed by atoms with Crippen molar-refractivity contribution < 1.29 is 19.0 Å². The molecule has 2 aromatic carbocycles. The van der Waals surface area contributed by atoms with Gasteiger partial charge in [0.25, 0.3) is 5.91 Å². The van der Waals surface area contributed by atoms with Gasteiger partial charge in [-0.15, -0.1) is 0 Å². The molecule has 0 unspecified atom stereocenters. The molecule has 3 rings (SSSR count). The molecule has 0 aliphatic rings. The molecule has 27 heavy (non-hydrogen) atoms. The molecule has 1 heterocycles. The Morgan fingerprint density at radius 2 is 1.93 bits per heavy atom. The minimum Gasteiger partial charge on any atom is -0.494 e. The highest BCUT2D eigenvalue weighted by Gasteiger charge is 2.14. The number of aromatic amines is 1. The van der Waals surface area contributed by atoms with Crippen LogP contribution in [0.2, 0.25) is 0 Å². The number of aromatic nitrogens is 1. The van der Waals surface area contributed by atoms with E-state index >= 15 is 0 Å². The zero-order valence-corrected chi connectivity index (χ0v) is 15.4. The summed E-state index contributed by atoms with van der Waals surface area (Å²) in [7, 11) is 3.13. The van der Waals surface area contributed by atoms with Crippen LogP contribution in [0.15, 0.2) is 47.6 Å². The number of nitrogens with one attached hydrogen (secondary N) is 2. The smallest absolute Gasteiger partial charge is 0.287 e. The molecule has 0 saturated carbocycles. The highest BCUT2D eigenvalue weighted by molar-refractivity contribution is 6.00. The van der Waals surface area contributed by atoms with Crippen LogP contribution in [0.5, 0.6) is 17.2 Å². The molecule has 2 N–H and O–H groups in total. The van der Waals surface area contributed by atoms with Gasteiger partial charge in [-0.05, 0) is 55.0 Å². The van der Waals surface area contributed by atoms with Gasteiger partial charge in [0, 0.05) is 5.39 Å². The number of hydrogen-bond donors (Lipinski definition) is 2. The maximum Gasteiger partial charge on any atom is 0.287 e. The van der Waals surface area contributed by atoms with Crippen LogP contribution in [-0.4, -0.2) is 37.9 Å². The van der Waals surface area contributed by atoms with Crippen molar-refractivity contribution in [2.24, 2.45) is 5.10 Å². The predicted molar refractivity (Wildman–Crippen MR) is 104 cm³/mol. The number of fused-ring (bicyclic) bond motifs is 1. The summed E-state index contributed by atoms with van der Waals surface area (Å²) in [6.07, 6.45) is 1.57. The summed E-state index contributed by atoms with van der Waals surface area (Å²) >= 11 is 0. The lowest BCUT2D eigenvalue weighted by atomic mass is 10.2. The van der Waals surface area contributed by atoms with Gasteiger partial charge in [-0.2, -0.15) is 5.10 Å². The number of methoxy groups -OCH3 is 2. The first-order valence-corrected chi connectivity index (χ1v) is 8.46. The number of rotatable bonds is 7. The Hall–Kier alpha value is -3.48. The fourth-order valence-electron chi connectivity index (χ4n) is 2.69. The predicted octanol–water partition coefficient (Wildman–Crippen LogP) is 3.35. The maximum absolute atomic E-state index is 12.3. The van der Waals surface area contributed by atoms with Crippen LogP contribution in [0.1, 0.15) is 23.0 Å². The molecule has 0 spiro atoms. The van der Waals surface area contributed by atoms with Crippen molar-refractivity contribution in [3.63, 3.8) is 0 Å². The van der Waals surface area contributed by atoms with E-state index < -0.39 is 0 Å². The fourth-order valence-corrected chi connectivity index (χ4v) is 2.69. The molecule has 0 aliphatic carbocycles. The summed E-state index contributed by atoms with van der Waals surface area (Å²) in [6.45, 7) is 2.55. The Bertz CT molecular complexity index is 961. The van der Waals surface area contributed by atoms with Crippen LogP contribution < -0.4 is 19.6 Å². The van der Waals surface area contributed by atoms with E-state index in [0.29, 0.717) is 23.8 Å². The van der Waals surface area contributed by atoms with E-state index in [1.807, 2.05) is 37.3 Å². The molecule has 0 atom stereocenters. The summed E-state index contributed by atoms with van der Waals surface area (Å²) in [5.74, 6) is 1.61. The van der Waals surface area contributed by atoms with Gasteiger partial charge >= 0.3 is 0 Å². The van der Waals surface area contributed by atoms with Crippen molar-refractivity contribution in [2.45, 2.75) is 6.92 Å². The first kappa shape index (κ1) is 18.3. The molecule has 0 fully saturated rings. The van der Waals surface area contributed by atoms with Gasteiger partial charge in [-0.25, -0.2) is 5.43 Å². The number of ether oxygens (including phenoxy) is 3. The van der Waals surface area contributed by atoms with E-state index in [0.717, 1.165) is 22.2 Å². The molecule has 3 aromatic rings. The Morgan fingerprint density at radius 1 is 1.15 bits per heavy atom. The van der Waals surface area contributed by atoms with E-state index in [1.54, 1.807) is 32.6 Å². The number of carbonyl (C=O) groups excluding carboxylic acids is 1. The van der Waals surface area contributed by atoms with Gasteiger partial charge < -0.3 is 19.2 Å². The lowest BCUT2D eigenvalue weighted by Gasteiger charge is -2.07. The van der Waals surface area contributed by atoms with E-state index in [9.17, 15) is 4.79 Å². The van der Waals surface area contributed by atoms with Gasteiger partial charge in [-0.1, -0.05) is 0 Å². The minimum absolute atomic E-state index is 0.352. The average Bonchev–Trinajstić information content (AvgIpc) is 3.13. The lowest BCUT2D eigenvalue weighted by molar-refractivity contribution is 0.0951. The fraction of sp³-hybridized carbons (Fsp3) is 0.200. The van der Waals surface area contributed by atoms with Crippen molar-refractivity contribution in [1.29, 1.82) is 0 Å². The monoisotopic (exact) mass is 367 g/mol. The van der Waals surface area contributed by atoms with Gasteiger partial charge in [0.2, 0.25) is 0 Å². The largest absolute Gasteiger partial charge is 0.494 e. The molecule has 7 nitrogen and oxygen atoms in total. The van der Waals surface area contributed by atoms with Gasteiger partial charge in [-0.3, -0.25) is 4.79 Å². The number of amides is 1.